The lowest BCUT2D eigenvalue weighted by atomic mass is 9.96. The van der Waals surface area contributed by atoms with Gasteiger partial charge in [-0.25, -0.2) is 0 Å². The number of anilines is 2. The van der Waals surface area contributed by atoms with Crippen LogP contribution in [0.2, 0.25) is 0 Å². The molecule has 35 heavy (non-hydrogen) atoms. The quantitative estimate of drug-likeness (QED) is 0.401. The van der Waals surface area contributed by atoms with Crippen LogP contribution in [-0.2, 0) is 13.1 Å². The molecule has 1 aliphatic heterocycles. The van der Waals surface area contributed by atoms with Gasteiger partial charge in [0, 0.05) is 24.2 Å². The Morgan fingerprint density at radius 1 is 0.914 bits per heavy atom. The van der Waals surface area contributed by atoms with Crippen LogP contribution in [0, 0.1) is 11.3 Å². The van der Waals surface area contributed by atoms with Crippen LogP contribution in [0.3, 0.4) is 0 Å². The number of nitrogen functional groups attached to an aromatic ring is 1. The molecule has 0 radical (unpaired) electrons. The van der Waals surface area contributed by atoms with Gasteiger partial charge in [-0.2, -0.15) is 5.26 Å². The van der Waals surface area contributed by atoms with Crippen molar-refractivity contribution in [2.24, 2.45) is 0 Å². The van der Waals surface area contributed by atoms with Crippen molar-refractivity contribution < 1.29 is 9.59 Å². The molecule has 0 aromatic heterocycles. The minimum Gasteiger partial charge on any atom is -0.397 e. The second-order valence-corrected chi connectivity index (χ2v) is 8.42. The summed E-state index contributed by atoms with van der Waals surface area (Å²) in [5.74, 6) is -0.261. The number of nitrogens with two attached hydrogens (primary N) is 1. The van der Waals surface area contributed by atoms with Crippen molar-refractivity contribution in [2.45, 2.75) is 13.1 Å². The summed E-state index contributed by atoms with van der Waals surface area (Å²) in [7, 11) is 0. The molecule has 0 saturated carbocycles. The predicted octanol–water partition coefficient (Wildman–Crippen LogP) is 5.22. The average molecular weight is 459 g/mol. The maximum absolute atomic E-state index is 13.1. The van der Waals surface area contributed by atoms with Gasteiger partial charge in [-0.05, 0) is 64.7 Å². The van der Waals surface area contributed by atoms with Crippen molar-refractivity contribution in [1.29, 1.82) is 5.26 Å². The number of benzene rings is 4. The van der Waals surface area contributed by atoms with E-state index in [1.54, 1.807) is 41.3 Å². The van der Waals surface area contributed by atoms with Crippen LogP contribution in [0.15, 0.2) is 91.0 Å². The van der Waals surface area contributed by atoms with E-state index >= 15 is 0 Å². The third-order valence-corrected chi connectivity index (χ3v) is 6.17. The van der Waals surface area contributed by atoms with E-state index in [4.69, 9.17) is 11.0 Å². The third-order valence-electron chi connectivity index (χ3n) is 6.17. The Kier molecular flexibility index (Phi) is 5.74. The lowest BCUT2D eigenvalue weighted by Crippen LogP contribution is -2.23. The summed E-state index contributed by atoms with van der Waals surface area (Å²) in [5.41, 5.74) is 12.7. The number of hydrogen-bond acceptors (Lipinski definition) is 4. The molecule has 0 aliphatic carbocycles. The Labute approximate surface area is 203 Å². The van der Waals surface area contributed by atoms with Crippen molar-refractivity contribution in [3.05, 3.63) is 119 Å². The van der Waals surface area contributed by atoms with Crippen molar-refractivity contribution in [3.63, 3.8) is 0 Å². The number of rotatable bonds is 5. The number of nitrogens with one attached hydrogen (secondary N) is 1. The van der Waals surface area contributed by atoms with Gasteiger partial charge in [0.1, 0.15) is 0 Å². The molecule has 0 spiro atoms. The summed E-state index contributed by atoms with van der Waals surface area (Å²) in [6.07, 6.45) is 0. The first-order chi connectivity index (χ1) is 17.0. The molecule has 4 aromatic rings. The van der Waals surface area contributed by atoms with Gasteiger partial charge in [0.15, 0.2) is 0 Å². The number of nitrogens with zero attached hydrogens (tertiary/aromatic N) is 2. The zero-order valence-corrected chi connectivity index (χ0v) is 18.9. The fraction of sp³-hybridized carbons (Fsp3) is 0.0690. The van der Waals surface area contributed by atoms with E-state index in [9.17, 15) is 9.59 Å². The van der Waals surface area contributed by atoms with E-state index in [1.165, 1.54) is 0 Å². The molecule has 170 valence electrons. The molecule has 0 fully saturated rings. The maximum atomic E-state index is 13.1. The number of hydrogen-bond donors (Lipinski definition) is 2. The predicted molar refractivity (Wildman–Crippen MR) is 135 cm³/mol. The summed E-state index contributed by atoms with van der Waals surface area (Å²) < 4.78 is 0. The van der Waals surface area contributed by atoms with E-state index in [0.717, 1.165) is 22.3 Å². The molecule has 2 amide bonds. The number of nitriles is 1. The Balaban J connectivity index is 1.31. The number of amides is 2. The van der Waals surface area contributed by atoms with E-state index in [2.05, 4.69) is 11.4 Å². The molecule has 0 atom stereocenters. The molecule has 6 heteroatoms. The Morgan fingerprint density at radius 3 is 2.34 bits per heavy atom. The minimum absolute atomic E-state index is 0.0168. The van der Waals surface area contributed by atoms with Crippen molar-refractivity contribution in [2.75, 3.05) is 11.1 Å². The minimum atomic E-state index is -0.244. The van der Waals surface area contributed by atoms with Gasteiger partial charge in [0.25, 0.3) is 11.8 Å². The topological polar surface area (TPSA) is 99.2 Å². The van der Waals surface area contributed by atoms with E-state index < -0.39 is 0 Å². The molecule has 5 rings (SSSR count). The largest absolute Gasteiger partial charge is 0.397 e. The Hall–Kier alpha value is -4.89. The van der Waals surface area contributed by atoms with Crippen LogP contribution in [0.1, 0.15) is 37.4 Å². The molecule has 6 nitrogen and oxygen atoms in total. The number of carbonyl (C=O) groups excluding carboxylic acids is 2. The van der Waals surface area contributed by atoms with Gasteiger partial charge in [0.2, 0.25) is 0 Å². The van der Waals surface area contributed by atoms with Crippen LogP contribution in [0.25, 0.3) is 11.1 Å². The monoisotopic (exact) mass is 458 g/mol. The molecule has 1 heterocycles. The standard InChI is InChI=1S/C29H22N4O2/c30-16-19-8-12-21(13-9-19)23-4-3-5-24-25(23)18-33(29(24)35)17-20-10-14-22(15-11-20)28(34)32-27-7-2-1-6-26(27)31/h1-15H,17-18,31H2,(H,32,34). The van der Waals surface area contributed by atoms with Gasteiger partial charge in [-0.1, -0.05) is 48.5 Å². The second kappa shape index (κ2) is 9.16. The zero-order valence-electron chi connectivity index (χ0n) is 18.9. The fourth-order valence-corrected chi connectivity index (χ4v) is 4.30. The molecule has 1 aliphatic rings. The van der Waals surface area contributed by atoms with Gasteiger partial charge in [-0.3, -0.25) is 9.59 Å². The highest BCUT2D eigenvalue weighted by molar-refractivity contribution is 6.05. The first-order valence-electron chi connectivity index (χ1n) is 11.2. The van der Waals surface area contributed by atoms with Crippen LogP contribution in [0.5, 0.6) is 0 Å². The number of fused-ring (bicyclic) bond motifs is 1. The van der Waals surface area contributed by atoms with E-state index in [1.807, 2.05) is 54.6 Å². The Morgan fingerprint density at radius 2 is 1.63 bits per heavy atom. The van der Waals surface area contributed by atoms with Crippen LogP contribution in [-0.4, -0.2) is 16.7 Å². The third kappa shape index (κ3) is 4.35. The van der Waals surface area contributed by atoms with Gasteiger partial charge in [0.05, 0.1) is 23.0 Å². The first-order valence-corrected chi connectivity index (χ1v) is 11.2. The van der Waals surface area contributed by atoms with Gasteiger partial charge in [-0.15, -0.1) is 0 Å². The van der Waals surface area contributed by atoms with Crippen LogP contribution >= 0.6 is 0 Å². The smallest absolute Gasteiger partial charge is 0.255 e. The molecule has 0 saturated heterocycles. The summed E-state index contributed by atoms with van der Waals surface area (Å²) in [6, 6.07) is 29.6. The number of carbonyl (C=O) groups is 2. The number of para-hydroxylation sites is 2. The average Bonchev–Trinajstić information content (AvgIpc) is 3.21. The first kappa shape index (κ1) is 21.9. The van der Waals surface area contributed by atoms with Crippen molar-refractivity contribution >= 4 is 23.2 Å². The van der Waals surface area contributed by atoms with E-state index in [-0.39, 0.29) is 11.8 Å². The summed E-state index contributed by atoms with van der Waals surface area (Å²) in [5, 5.41) is 11.9. The SMILES string of the molecule is N#Cc1ccc(-c2cccc3c2CN(Cc2ccc(C(=O)Nc4ccccc4N)cc2)C3=O)cc1. The molecule has 0 unspecified atom stereocenters. The van der Waals surface area contributed by atoms with Crippen LogP contribution < -0.4 is 11.1 Å². The second-order valence-electron chi connectivity index (χ2n) is 8.42. The zero-order chi connectivity index (χ0) is 24.4. The molecular weight excluding hydrogens is 436 g/mol. The van der Waals surface area contributed by atoms with E-state index in [0.29, 0.717) is 41.2 Å². The van der Waals surface area contributed by atoms with Crippen molar-refractivity contribution in [1.82, 2.24) is 4.90 Å². The highest BCUT2D eigenvalue weighted by atomic mass is 16.2. The van der Waals surface area contributed by atoms with Crippen molar-refractivity contribution in [3.8, 4) is 17.2 Å². The highest BCUT2D eigenvalue weighted by Crippen LogP contribution is 2.33. The summed E-state index contributed by atoms with van der Waals surface area (Å²) in [4.78, 5) is 27.5. The Bertz CT molecular complexity index is 1470. The van der Waals surface area contributed by atoms with Crippen LogP contribution in [0.4, 0.5) is 11.4 Å². The summed E-state index contributed by atoms with van der Waals surface area (Å²) >= 11 is 0. The highest BCUT2D eigenvalue weighted by Gasteiger charge is 2.29. The molecule has 3 N–H and O–H groups in total. The molecular formula is C29H22N4O2. The molecule has 4 aromatic carbocycles. The van der Waals surface area contributed by atoms with Gasteiger partial charge >= 0.3 is 0 Å². The summed E-state index contributed by atoms with van der Waals surface area (Å²) in [6.45, 7) is 0.938. The van der Waals surface area contributed by atoms with Gasteiger partial charge < -0.3 is 16.0 Å². The lowest BCUT2D eigenvalue weighted by Gasteiger charge is -2.16. The fourth-order valence-electron chi connectivity index (χ4n) is 4.30. The molecule has 0 bridgehead atoms. The lowest BCUT2D eigenvalue weighted by molar-refractivity contribution is 0.0766. The maximum Gasteiger partial charge on any atom is 0.255 e. The normalized spacial score (nSPS) is 12.2.